The lowest BCUT2D eigenvalue weighted by molar-refractivity contribution is -0.154. The van der Waals surface area contributed by atoms with Crippen LogP contribution >= 0.6 is 0 Å². The number of fused-ring (bicyclic) bond motifs is 1. The van der Waals surface area contributed by atoms with E-state index in [0.29, 0.717) is 17.3 Å². The van der Waals surface area contributed by atoms with Crippen molar-refractivity contribution in [2.45, 2.75) is 25.3 Å². The second kappa shape index (κ2) is 10.6. The van der Waals surface area contributed by atoms with Crippen LogP contribution in [0.4, 0.5) is 0 Å². The van der Waals surface area contributed by atoms with Gasteiger partial charge in [0.2, 0.25) is 0 Å². The maximum atomic E-state index is 13.2. The molecule has 1 aliphatic heterocycles. The summed E-state index contributed by atoms with van der Waals surface area (Å²) in [6.45, 7) is -0.781. The molecule has 9 heteroatoms. The molecule has 3 heterocycles. The minimum atomic E-state index is -0.656. The van der Waals surface area contributed by atoms with Crippen molar-refractivity contribution in [1.29, 1.82) is 0 Å². The van der Waals surface area contributed by atoms with Crippen molar-refractivity contribution >= 4 is 23.7 Å². The number of hydrazone groups is 1. The standard InChI is InChI=1S/C27H26N2O7/c1-32-19-9-11-20(12-10-19)35-17-25(31)36-16-24(30)29-27(23-8-4-14-34-23)22-7-2-5-18(26(22)28-29)15-21-6-3-13-33-21/h3-4,6,8-15,22,27H,2,5,7,16-17H2,1H3. The molecule has 2 aromatic heterocycles. The lowest BCUT2D eigenvalue weighted by atomic mass is 9.79. The summed E-state index contributed by atoms with van der Waals surface area (Å²) < 4.78 is 26.9. The molecule has 3 aromatic rings. The van der Waals surface area contributed by atoms with Crippen molar-refractivity contribution in [2.75, 3.05) is 20.3 Å². The van der Waals surface area contributed by atoms with Crippen LogP contribution in [0, 0.1) is 5.92 Å². The number of hydrogen-bond donors (Lipinski definition) is 0. The molecule has 2 unspecified atom stereocenters. The summed E-state index contributed by atoms with van der Waals surface area (Å²) in [4.78, 5) is 25.4. The number of hydrogen-bond acceptors (Lipinski definition) is 8. The smallest absolute Gasteiger partial charge is 0.344 e. The first kappa shape index (κ1) is 23.5. The van der Waals surface area contributed by atoms with Crippen molar-refractivity contribution in [2.24, 2.45) is 11.0 Å². The molecule has 1 saturated carbocycles. The Balaban J connectivity index is 1.27. The number of methoxy groups -OCH3 is 1. The van der Waals surface area contributed by atoms with Gasteiger partial charge in [0.15, 0.2) is 13.2 Å². The Bertz CT molecular complexity index is 1240. The maximum Gasteiger partial charge on any atom is 0.344 e. The van der Waals surface area contributed by atoms with Crippen molar-refractivity contribution in [3.05, 3.63) is 78.2 Å². The summed E-state index contributed by atoms with van der Waals surface area (Å²) in [5.74, 6) is 1.42. The highest BCUT2D eigenvalue weighted by Gasteiger charge is 2.45. The number of carbonyl (C=O) groups is 2. The molecule has 186 valence electrons. The highest BCUT2D eigenvalue weighted by atomic mass is 16.6. The van der Waals surface area contributed by atoms with Gasteiger partial charge in [-0.2, -0.15) is 5.10 Å². The summed E-state index contributed by atoms with van der Waals surface area (Å²) in [6, 6.07) is 13.7. The van der Waals surface area contributed by atoms with Crippen molar-refractivity contribution in [3.8, 4) is 11.5 Å². The van der Waals surface area contributed by atoms with Gasteiger partial charge in [-0.25, -0.2) is 9.80 Å². The molecule has 2 atom stereocenters. The minimum Gasteiger partial charge on any atom is -0.497 e. The fraction of sp³-hybridized carbons (Fsp3) is 0.296. The second-order valence-electron chi connectivity index (χ2n) is 8.49. The SMILES string of the molecule is COc1ccc(OCC(=O)OCC(=O)N2N=C3C(=Cc4ccco4)CCCC3C2c2ccco2)cc1. The quantitative estimate of drug-likeness (QED) is 0.424. The van der Waals surface area contributed by atoms with Gasteiger partial charge >= 0.3 is 5.97 Å². The van der Waals surface area contributed by atoms with E-state index >= 15 is 0 Å². The zero-order valence-corrected chi connectivity index (χ0v) is 19.8. The van der Waals surface area contributed by atoms with E-state index in [-0.39, 0.29) is 12.5 Å². The van der Waals surface area contributed by atoms with Crippen LogP contribution in [0.15, 0.2) is 80.6 Å². The van der Waals surface area contributed by atoms with Crippen LogP contribution in [-0.4, -0.2) is 42.9 Å². The Hall–Kier alpha value is -4.27. The minimum absolute atomic E-state index is 0.0239. The zero-order valence-electron chi connectivity index (χ0n) is 19.8. The van der Waals surface area contributed by atoms with E-state index in [2.05, 4.69) is 0 Å². The number of carbonyl (C=O) groups excluding carboxylic acids is 2. The molecule has 36 heavy (non-hydrogen) atoms. The van der Waals surface area contributed by atoms with E-state index < -0.39 is 24.5 Å². The molecule has 1 aromatic carbocycles. The van der Waals surface area contributed by atoms with Crippen LogP contribution in [0.1, 0.15) is 36.8 Å². The number of allylic oxidation sites excluding steroid dienone is 1. The van der Waals surface area contributed by atoms with E-state index in [1.807, 2.05) is 24.3 Å². The zero-order chi connectivity index (χ0) is 24.9. The molecular formula is C27H26N2O7. The predicted octanol–water partition coefficient (Wildman–Crippen LogP) is 4.63. The summed E-state index contributed by atoms with van der Waals surface area (Å²) >= 11 is 0. The molecule has 1 amide bonds. The molecule has 1 aliphatic carbocycles. The molecule has 0 saturated heterocycles. The molecule has 5 rings (SSSR count). The highest BCUT2D eigenvalue weighted by molar-refractivity contribution is 6.08. The topological polar surface area (TPSA) is 104 Å². The molecule has 0 bridgehead atoms. The largest absolute Gasteiger partial charge is 0.497 e. The number of benzene rings is 1. The van der Waals surface area contributed by atoms with Crippen LogP contribution in [0.2, 0.25) is 0 Å². The van der Waals surface area contributed by atoms with Gasteiger partial charge in [0.1, 0.15) is 29.1 Å². The number of nitrogens with zero attached hydrogens (tertiary/aromatic N) is 2. The number of rotatable bonds is 8. The van der Waals surface area contributed by atoms with Gasteiger partial charge < -0.3 is 23.0 Å². The molecule has 0 radical (unpaired) electrons. The van der Waals surface area contributed by atoms with Crippen LogP contribution in [-0.2, 0) is 14.3 Å². The van der Waals surface area contributed by atoms with Crippen molar-refractivity contribution < 1.29 is 32.6 Å². The summed E-state index contributed by atoms with van der Waals surface area (Å²) in [5.41, 5.74) is 1.86. The fourth-order valence-electron chi connectivity index (χ4n) is 4.55. The third-order valence-electron chi connectivity index (χ3n) is 6.22. The van der Waals surface area contributed by atoms with Gasteiger partial charge in [-0.3, -0.25) is 4.79 Å². The first-order valence-electron chi connectivity index (χ1n) is 11.7. The van der Waals surface area contributed by atoms with Crippen LogP contribution < -0.4 is 9.47 Å². The normalized spacial score (nSPS) is 20.1. The first-order valence-corrected chi connectivity index (χ1v) is 11.7. The van der Waals surface area contributed by atoms with E-state index in [0.717, 1.165) is 36.3 Å². The van der Waals surface area contributed by atoms with E-state index in [9.17, 15) is 9.59 Å². The molecular weight excluding hydrogens is 464 g/mol. The number of amides is 1. The van der Waals surface area contributed by atoms with Gasteiger partial charge in [-0.15, -0.1) is 0 Å². The van der Waals surface area contributed by atoms with Gasteiger partial charge in [0, 0.05) is 5.92 Å². The summed E-state index contributed by atoms with van der Waals surface area (Å²) in [5, 5.41) is 6.08. The molecule has 1 fully saturated rings. The van der Waals surface area contributed by atoms with Gasteiger partial charge in [-0.05, 0) is 79.4 Å². The van der Waals surface area contributed by atoms with Crippen LogP contribution in [0.5, 0.6) is 11.5 Å². The Morgan fingerprint density at radius 3 is 2.56 bits per heavy atom. The average molecular weight is 491 g/mol. The Morgan fingerprint density at radius 2 is 1.83 bits per heavy atom. The fourth-order valence-corrected chi connectivity index (χ4v) is 4.55. The number of furan rings is 2. The molecule has 0 N–H and O–H groups in total. The monoisotopic (exact) mass is 490 g/mol. The van der Waals surface area contributed by atoms with Crippen LogP contribution in [0.3, 0.4) is 0 Å². The third kappa shape index (κ3) is 5.05. The summed E-state index contributed by atoms with van der Waals surface area (Å²) in [6.07, 6.45) is 7.81. The number of esters is 1. The Labute approximate surface area is 207 Å². The third-order valence-corrected chi connectivity index (χ3v) is 6.22. The van der Waals surface area contributed by atoms with Crippen LogP contribution in [0.25, 0.3) is 6.08 Å². The van der Waals surface area contributed by atoms with E-state index in [1.54, 1.807) is 50.0 Å². The van der Waals surface area contributed by atoms with Gasteiger partial charge in [-0.1, -0.05) is 0 Å². The molecule has 2 aliphatic rings. The number of ether oxygens (including phenoxy) is 3. The van der Waals surface area contributed by atoms with Gasteiger partial charge in [0.25, 0.3) is 5.91 Å². The second-order valence-corrected chi connectivity index (χ2v) is 8.49. The van der Waals surface area contributed by atoms with Gasteiger partial charge in [0.05, 0.1) is 25.3 Å². The Kier molecular flexibility index (Phi) is 6.88. The van der Waals surface area contributed by atoms with E-state index in [1.165, 1.54) is 5.01 Å². The van der Waals surface area contributed by atoms with Crippen molar-refractivity contribution in [1.82, 2.24) is 5.01 Å². The lowest BCUT2D eigenvalue weighted by Gasteiger charge is -2.27. The predicted molar refractivity (Wildman–Crippen MR) is 129 cm³/mol. The van der Waals surface area contributed by atoms with Crippen molar-refractivity contribution in [3.63, 3.8) is 0 Å². The summed E-state index contributed by atoms with van der Waals surface area (Å²) in [7, 11) is 1.57. The first-order chi connectivity index (χ1) is 17.6. The molecule has 0 spiro atoms. The maximum absolute atomic E-state index is 13.2. The Morgan fingerprint density at radius 1 is 1.06 bits per heavy atom. The lowest BCUT2D eigenvalue weighted by Crippen LogP contribution is -2.34. The highest BCUT2D eigenvalue weighted by Crippen LogP contribution is 2.44. The van der Waals surface area contributed by atoms with E-state index in [4.69, 9.17) is 28.1 Å². The molecule has 9 nitrogen and oxygen atoms in total. The average Bonchev–Trinajstić information content (AvgIpc) is 3.67.